The zero-order valence-electron chi connectivity index (χ0n) is 32.3. The number of sulfonamides is 1. The number of hydrogen-bond donors (Lipinski definition) is 3. The van der Waals surface area contributed by atoms with E-state index in [9.17, 15) is 23.3 Å². The predicted molar refractivity (Wildman–Crippen MR) is 226 cm³/mol. The summed E-state index contributed by atoms with van der Waals surface area (Å²) in [6, 6.07) is 25.7. The first-order valence-corrected chi connectivity index (χ1v) is 20.9. The maximum atomic E-state index is 13.8. The first-order valence-electron chi connectivity index (χ1n) is 19.1. The number of aromatic nitrogens is 1. The van der Waals surface area contributed by atoms with Gasteiger partial charge in [0.05, 0.1) is 27.9 Å². The molecule has 3 N–H and O–H groups in total. The fraction of sp³-hybridized carbons (Fsp3) is 0.302. The summed E-state index contributed by atoms with van der Waals surface area (Å²) in [5, 5.41) is 25.0. The van der Waals surface area contributed by atoms with E-state index in [0.717, 1.165) is 85.7 Å². The molecule has 300 valence electrons. The summed E-state index contributed by atoms with van der Waals surface area (Å²) in [7, 11) is -4.57. The number of benzene rings is 4. The van der Waals surface area contributed by atoms with Crippen LogP contribution in [0, 0.1) is 26.9 Å². The smallest absolute Gasteiger partial charge is 0.293 e. The molecule has 0 unspecified atom stereocenters. The lowest BCUT2D eigenvalue weighted by atomic mass is 9.72. The van der Waals surface area contributed by atoms with E-state index in [1.165, 1.54) is 28.8 Å². The number of nitrogens with one attached hydrogen (secondary N) is 3. The van der Waals surface area contributed by atoms with Crippen LogP contribution >= 0.6 is 11.6 Å². The molecule has 1 aromatic heterocycles. The highest BCUT2D eigenvalue weighted by Gasteiger charge is 2.30. The molecule has 1 amide bonds. The fourth-order valence-corrected chi connectivity index (χ4v) is 8.68. The Kier molecular flexibility index (Phi) is 11.8. The number of ether oxygens (including phenoxy) is 1. The standard InChI is InChI=1S/C43H44ClN7O6S/c1-43(2)16-14-31(37(27-43)29-4-6-32(44)7-5-29)28-49-20-22-50(23-21-49)33-8-11-36(41(25-33)57-34-9-12-38-30(24-34)15-19-47-38)42(52)48-58(55,56)35-10-13-39(46-18-3-17-45)40(26-35)51(53)54/h4-13,15,19,24-26,46-47H,3,14,16,18,20-23,27-28H2,1-2H3,(H,48,52). The number of nitro benzene ring substituents is 1. The van der Waals surface area contributed by atoms with Crippen LogP contribution in [0.5, 0.6) is 11.5 Å². The van der Waals surface area contributed by atoms with Crippen molar-refractivity contribution in [2.24, 2.45) is 5.41 Å². The Morgan fingerprint density at radius 2 is 1.79 bits per heavy atom. The second kappa shape index (κ2) is 16.9. The average Bonchev–Trinajstić information content (AvgIpc) is 3.67. The number of nitriles is 1. The Bertz CT molecular complexity index is 2540. The van der Waals surface area contributed by atoms with Crippen molar-refractivity contribution in [1.29, 1.82) is 5.26 Å². The number of fused-ring (bicyclic) bond motifs is 1. The van der Waals surface area contributed by atoms with Crippen LogP contribution in [0.4, 0.5) is 17.1 Å². The molecule has 7 rings (SSSR count). The first-order chi connectivity index (χ1) is 27.8. The van der Waals surface area contributed by atoms with Crippen LogP contribution in [0.1, 0.15) is 55.5 Å². The summed E-state index contributed by atoms with van der Waals surface area (Å²) in [4.78, 5) is 32.3. The summed E-state index contributed by atoms with van der Waals surface area (Å²) in [5.74, 6) is -0.372. The second-order valence-corrected chi connectivity index (χ2v) is 17.5. The van der Waals surface area contributed by atoms with E-state index in [0.29, 0.717) is 5.75 Å². The van der Waals surface area contributed by atoms with E-state index < -0.39 is 31.4 Å². The molecule has 15 heteroatoms. The fourth-order valence-electron chi connectivity index (χ4n) is 7.57. The van der Waals surface area contributed by atoms with Crippen molar-refractivity contribution in [1.82, 2.24) is 14.6 Å². The van der Waals surface area contributed by atoms with Gasteiger partial charge in [0.15, 0.2) is 0 Å². The predicted octanol–water partition coefficient (Wildman–Crippen LogP) is 8.75. The van der Waals surface area contributed by atoms with E-state index in [4.69, 9.17) is 21.6 Å². The van der Waals surface area contributed by atoms with E-state index in [1.54, 1.807) is 18.2 Å². The van der Waals surface area contributed by atoms with Gasteiger partial charge in [-0.05, 0) is 96.5 Å². The molecule has 58 heavy (non-hydrogen) atoms. The van der Waals surface area contributed by atoms with E-state index in [2.05, 4.69) is 50.8 Å². The summed E-state index contributed by atoms with van der Waals surface area (Å²) in [5.41, 5.74) is 5.54. The first kappa shape index (κ1) is 40.3. The molecular weight excluding hydrogens is 778 g/mol. The van der Waals surface area contributed by atoms with Crippen molar-refractivity contribution >= 4 is 61.1 Å². The molecule has 13 nitrogen and oxygen atoms in total. The largest absolute Gasteiger partial charge is 0.456 e. The number of nitrogens with zero attached hydrogens (tertiary/aromatic N) is 4. The lowest BCUT2D eigenvalue weighted by Gasteiger charge is -2.39. The van der Waals surface area contributed by atoms with Crippen LogP contribution in [0.2, 0.25) is 5.02 Å². The summed E-state index contributed by atoms with van der Waals surface area (Å²) >= 11 is 6.23. The number of piperazine rings is 1. The maximum Gasteiger partial charge on any atom is 0.293 e. The van der Waals surface area contributed by atoms with Crippen LogP contribution in [-0.2, 0) is 10.0 Å². The Hall–Kier alpha value is -5.88. The second-order valence-electron chi connectivity index (χ2n) is 15.4. The Balaban J connectivity index is 1.11. The van der Waals surface area contributed by atoms with Gasteiger partial charge in [-0.2, -0.15) is 5.26 Å². The molecule has 0 radical (unpaired) electrons. The molecule has 0 spiro atoms. The lowest BCUT2D eigenvalue weighted by molar-refractivity contribution is -0.384. The van der Waals surface area contributed by atoms with Gasteiger partial charge in [0.1, 0.15) is 17.2 Å². The molecule has 1 fully saturated rings. The van der Waals surface area contributed by atoms with Gasteiger partial charge in [0, 0.05) is 79.2 Å². The normalized spacial score (nSPS) is 15.9. The molecule has 1 aliphatic heterocycles. The summed E-state index contributed by atoms with van der Waals surface area (Å²) in [6.45, 7) is 8.77. The van der Waals surface area contributed by atoms with Gasteiger partial charge in [0.25, 0.3) is 21.6 Å². The van der Waals surface area contributed by atoms with Gasteiger partial charge >= 0.3 is 0 Å². The Morgan fingerprint density at radius 3 is 2.53 bits per heavy atom. The molecule has 0 atom stereocenters. The summed E-state index contributed by atoms with van der Waals surface area (Å²) in [6.07, 6.45) is 5.09. The molecule has 5 aromatic rings. The number of hydrogen-bond acceptors (Lipinski definition) is 10. The van der Waals surface area contributed by atoms with Gasteiger partial charge in [-0.1, -0.05) is 43.2 Å². The van der Waals surface area contributed by atoms with Crippen molar-refractivity contribution in [3.63, 3.8) is 0 Å². The van der Waals surface area contributed by atoms with Crippen LogP contribution in [0.25, 0.3) is 16.5 Å². The lowest BCUT2D eigenvalue weighted by Crippen LogP contribution is -2.47. The van der Waals surface area contributed by atoms with E-state index in [-0.39, 0.29) is 35.4 Å². The van der Waals surface area contributed by atoms with Crippen molar-refractivity contribution in [3.05, 3.63) is 123 Å². The molecule has 2 heterocycles. The number of allylic oxidation sites excluding steroid dienone is 1. The van der Waals surface area contributed by atoms with Gasteiger partial charge < -0.3 is 19.9 Å². The van der Waals surface area contributed by atoms with E-state index >= 15 is 0 Å². The van der Waals surface area contributed by atoms with Gasteiger partial charge in [-0.3, -0.25) is 19.8 Å². The molecule has 1 saturated heterocycles. The zero-order chi connectivity index (χ0) is 41.0. The third kappa shape index (κ3) is 9.29. The number of H-pyrrole nitrogens is 1. The Labute approximate surface area is 342 Å². The van der Waals surface area contributed by atoms with Crippen molar-refractivity contribution in [2.75, 3.05) is 49.5 Å². The van der Waals surface area contributed by atoms with Crippen molar-refractivity contribution in [2.45, 2.75) is 44.4 Å². The van der Waals surface area contributed by atoms with Crippen molar-refractivity contribution in [3.8, 4) is 17.6 Å². The van der Waals surface area contributed by atoms with Gasteiger partial charge in [0.2, 0.25) is 0 Å². The van der Waals surface area contributed by atoms with Gasteiger partial charge in [-0.25, -0.2) is 13.1 Å². The third-order valence-electron chi connectivity index (χ3n) is 10.7. The minimum absolute atomic E-state index is 0.0358. The number of halogens is 1. The molecule has 2 aliphatic rings. The number of nitro groups is 1. The number of carbonyl (C=O) groups is 1. The van der Waals surface area contributed by atoms with E-state index in [1.807, 2.05) is 42.6 Å². The average molecular weight is 822 g/mol. The highest BCUT2D eigenvalue weighted by Crippen LogP contribution is 2.43. The molecular formula is C43H44ClN7O6S. The molecule has 0 saturated carbocycles. The van der Waals surface area contributed by atoms with Gasteiger partial charge in [-0.15, -0.1) is 0 Å². The number of amides is 1. The number of rotatable bonds is 13. The van der Waals surface area contributed by atoms with Crippen LogP contribution in [-0.4, -0.2) is 68.4 Å². The molecule has 0 bridgehead atoms. The highest BCUT2D eigenvalue weighted by molar-refractivity contribution is 7.90. The maximum absolute atomic E-state index is 13.8. The monoisotopic (exact) mass is 821 g/mol. The van der Waals surface area contributed by atoms with Crippen LogP contribution < -0.4 is 19.7 Å². The number of anilines is 2. The zero-order valence-corrected chi connectivity index (χ0v) is 33.8. The number of aromatic amines is 1. The number of carbonyl (C=O) groups excluding carboxylic acids is 1. The van der Waals surface area contributed by atoms with Crippen LogP contribution in [0.3, 0.4) is 0 Å². The minimum atomic E-state index is -4.57. The SMILES string of the molecule is CC1(C)CCC(CN2CCN(c3ccc(C(=O)NS(=O)(=O)c4ccc(NCCC#N)c([N+](=O)[O-])c4)c(Oc4ccc5[nH]ccc5c4)c3)CC2)=C(c2ccc(Cl)cc2)C1. The minimum Gasteiger partial charge on any atom is -0.456 e. The van der Waals surface area contributed by atoms with Crippen molar-refractivity contribution < 1.29 is 22.9 Å². The highest BCUT2D eigenvalue weighted by atomic mass is 35.5. The third-order valence-corrected chi connectivity index (χ3v) is 12.3. The molecule has 1 aliphatic carbocycles. The summed E-state index contributed by atoms with van der Waals surface area (Å²) < 4.78 is 35.4. The Morgan fingerprint density at radius 1 is 1.02 bits per heavy atom. The van der Waals surface area contributed by atoms with Crippen LogP contribution in [0.15, 0.2) is 102 Å². The quantitative estimate of drug-likeness (QED) is 0.0592. The molecule has 4 aromatic carbocycles. The topological polar surface area (TPSA) is 174 Å².